The Balaban J connectivity index is 2.23. The lowest BCUT2D eigenvalue weighted by Gasteiger charge is -2.23. The molecule has 1 nitrogen and oxygen atoms in total. The molecule has 47 valence electrons. The highest BCUT2D eigenvalue weighted by Crippen LogP contribution is 2.12. The first-order valence-corrected chi connectivity index (χ1v) is 3.49. The largest absolute Gasteiger partial charge is 0.236 e. The molecule has 0 amide bonds. The van der Waals surface area contributed by atoms with Crippen molar-refractivity contribution in [3.8, 4) is 0 Å². The van der Waals surface area contributed by atoms with E-state index in [0.29, 0.717) is 12.1 Å². The molecular formula is C7H14N. The molecule has 2 unspecified atom stereocenters. The third-order valence-electron chi connectivity index (χ3n) is 1.75. The zero-order valence-corrected chi connectivity index (χ0v) is 5.72. The molecule has 0 aromatic heterocycles. The fourth-order valence-corrected chi connectivity index (χ4v) is 1.29. The number of hydrogen-bond donors (Lipinski definition) is 0. The van der Waals surface area contributed by atoms with E-state index in [1.165, 1.54) is 19.3 Å². The average molecular weight is 112 g/mol. The van der Waals surface area contributed by atoms with Crippen LogP contribution in [0.1, 0.15) is 33.1 Å². The smallest absolute Gasteiger partial charge is 0.0220 e. The van der Waals surface area contributed by atoms with Crippen LogP contribution in [0.2, 0.25) is 0 Å². The molecule has 1 radical (unpaired) electrons. The van der Waals surface area contributed by atoms with Crippen molar-refractivity contribution in [3.63, 3.8) is 0 Å². The third kappa shape index (κ3) is 1.48. The molecule has 0 aliphatic carbocycles. The minimum absolute atomic E-state index is 0.638. The van der Waals surface area contributed by atoms with Crippen LogP contribution in [-0.4, -0.2) is 12.1 Å². The van der Waals surface area contributed by atoms with E-state index in [0.717, 1.165) is 0 Å². The van der Waals surface area contributed by atoms with Crippen LogP contribution in [0, 0.1) is 0 Å². The monoisotopic (exact) mass is 112 g/mol. The topological polar surface area (TPSA) is 14.1 Å². The molecule has 1 heteroatoms. The van der Waals surface area contributed by atoms with Crippen molar-refractivity contribution in [2.75, 3.05) is 0 Å². The Morgan fingerprint density at radius 1 is 1.12 bits per heavy atom. The van der Waals surface area contributed by atoms with Gasteiger partial charge in [-0.3, -0.25) is 0 Å². The Morgan fingerprint density at radius 3 is 1.88 bits per heavy atom. The van der Waals surface area contributed by atoms with Gasteiger partial charge in [0.25, 0.3) is 0 Å². The first kappa shape index (κ1) is 6.09. The Bertz CT molecular complexity index is 62.8. The van der Waals surface area contributed by atoms with Crippen molar-refractivity contribution < 1.29 is 0 Å². The molecule has 1 saturated heterocycles. The van der Waals surface area contributed by atoms with E-state index < -0.39 is 0 Å². The number of piperidine rings is 1. The molecule has 0 aromatic rings. The second kappa shape index (κ2) is 2.49. The third-order valence-corrected chi connectivity index (χ3v) is 1.75. The molecular weight excluding hydrogens is 98.1 g/mol. The van der Waals surface area contributed by atoms with Crippen LogP contribution >= 0.6 is 0 Å². The van der Waals surface area contributed by atoms with Crippen LogP contribution < -0.4 is 5.32 Å². The summed E-state index contributed by atoms with van der Waals surface area (Å²) in [6.45, 7) is 4.41. The highest BCUT2D eigenvalue weighted by atomic mass is 14.9. The van der Waals surface area contributed by atoms with Crippen LogP contribution in [0.5, 0.6) is 0 Å². The van der Waals surface area contributed by atoms with E-state index in [9.17, 15) is 0 Å². The minimum Gasteiger partial charge on any atom is -0.236 e. The summed E-state index contributed by atoms with van der Waals surface area (Å²) in [6, 6.07) is 1.28. The van der Waals surface area contributed by atoms with E-state index in [1.54, 1.807) is 0 Å². The lowest BCUT2D eigenvalue weighted by atomic mass is 10.0. The fraction of sp³-hybridized carbons (Fsp3) is 1.00. The Hall–Kier alpha value is -0.0400. The lowest BCUT2D eigenvalue weighted by Crippen LogP contribution is -2.31. The van der Waals surface area contributed by atoms with Gasteiger partial charge < -0.3 is 0 Å². The maximum atomic E-state index is 4.48. The normalized spacial score (nSPS) is 39.8. The van der Waals surface area contributed by atoms with Crippen molar-refractivity contribution in [2.24, 2.45) is 0 Å². The van der Waals surface area contributed by atoms with Crippen LogP contribution in [-0.2, 0) is 0 Å². The summed E-state index contributed by atoms with van der Waals surface area (Å²) in [5.74, 6) is 0. The second-order valence-electron chi connectivity index (χ2n) is 2.78. The summed E-state index contributed by atoms with van der Waals surface area (Å²) in [6.07, 6.45) is 4.00. The van der Waals surface area contributed by atoms with Crippen LogP contribution in [0.25, 0.3) is 0 Å². The SMILES string of the molecule is CC1CCCC(C)[N]1. The van der Waals surface area contributed by atoms with Gasteiger partial charge in [-0.2, -0.15) is 0 Å². The van der Waals surface area contributed by atoms with Gasteiger partial charge in [-0.1, -0.05) is 6.42 Å². The van der Waals surface area contributed by atoms with Crippen molar-refractivity contribution >= 4 is 0 Å². The van der Waals surface area contributed by atoms with E-state index in [1.807, 2.05) is 0 Å². The van der Waals surface area contributed by atoms with E-state index in [-0.39, 0.29) is 0 Å². The summed E-state index contributed by atoms with van der Waals surface area (Å²) >= 11 is 0. The van der Waals surface area contributed by atoms with Crippen LogP contribution in [0.15, 0.2) is 0 Å². The summed E-state index contributed by atoms with van der Waals surface area (Å²) in [5.41, 5.74) is 0. The van der Waals surface area contributed by atoms with Crippen molar-refractivity contribution in [1.82, 2.24) is 5.32 Å². The molecule has 0 N–H and O–H groups in total. The standard InChI is InChI=1S/C7H14N/c1-6-4-3-5-7(2)8-6/h6-7H,3-5H2,1-2H3. The van der Waals surface area contributed by atoms with Gasteiger partial charge in [-0.05, 0) is 26.7 Å². The highest BCUT2D eigenvalue weighted by Gasteiger charge is 2.13. The fourth-order valence-electron chi connectivity index (χ4n) is 1.29. The quantitative estimate of drug-likeness (QED) is 0.451. The highest BCUT2D eigenvalue weighted by molar-refractivity contribution is 4.72. The lowest BCUT2D eigenvalue weighted by molar-refractivity contribution is 0.344. The van der Waals surface area contributed by atoms with Gasteiger partial charge in [0.05, 0.1) is 0 Å². The molecule has 1 heterocycles. The van der Waals surface area contributed by atoms with Gasteiger partial charge in [0.15, 0.2) is 0 Å². The molecule has 0 spiro atoms. The molecule has 0 saturated carbocycles. The molecule has 1 aliphatic heterocycles. The molecule has 1 fully saturated rings. The molecule has 1 rings (SSSR count). The second-order valence-corrected chi connectivity index (χ2v) is 2.78. The Morgan fingerprint density at radius 2 is 1.62 bits per heavy atom. The van der Waals surface area contributed by atoms with Gasteiger partial charge >= 0.3 is 0 Å². The predicted octanol–water partition coefficient (Wildman–Crippen LogP) is 1.55. The van der Waals surface area contributed by atoms with Gasteiger partial charge in [0.2, 0.25) is 0 Å². The summed E-state index contributed by atoms with van der Waals surface area (Å²) in [7, 11) is 0. The molecule has 1 aliphatic rings. The molecule has 2 atom stereocenters. The minimum atomic E-state index is 0.638. The van der Waals surface area contributed by atoms with Crippen LogP contribution in [0.4, 0.5) is 0 Å². The van der Waals surface area contributed by atoms with Gasteiger partial charge in [0, 0.05) is 12.1 Å². The number of nitrogens with zero attached hydrogens (tertiary/aromatic N) is 1. The summed E-state index contributed by atoms with van der Waals surface area (Å²) in [4.78, 5) is 0. The summed E-state index contributed by atoms with van der Waals surface area (Å²) < 4.78 is 0. The zero-order valence-electron chi connectivity index (χ0n) is 5.72. The first-order valence-electron chi connectivity index (χ1n) is 3.49. The zero-order chi connectivity index (χ0) is 5.98. The van der Waals surface area contributed by atoms with Crippen molar-refractivity contribution in [1.29, 1.82) is 0 Å². The van der Waals surface area contributed by atoms with Crippen molar-refractivity contribution in [2.45, 2.75) is 45.2 Å². The molecule has 0 bridgehead atoms. The average Bonchev–Trinajstić information content (AvgIpc) is 1.64. The number of hydrogen-bond acceptors (Lipinski definition) is 0. The maximum Gasteiger partial charge on any atom is 0.0220 e. The Kier molecular flexibility index (Phi) is 1.90. The van der Waals surface area contributed by atoms with Crippen molar-refractivity contribution in [3.05, 3.63) is 0 Å². The maximum absolute atomic E-state index is 4.48. The van der Waals surface area contributed by atoms with Crippen LogP contribution in [0.3, 0.4) is 0 Å². The van der Waals surface area contributed by atoms with E-state index >= 15 is 0 Å². The van der Waals surface area contributed by atoms with E-state index in [2.05, 4.69) is 19.2 Å². The first-order chi connectivity index (χ1) is 3.79. The molecule has 8 heavy (non-hydrogen) atoms. The Labute approximate surface area is 51.5 Å². The number of rotatable bonds is 0. The van der Waals surface area contributed by atoms with Gasteiger partial charge in [-0.15, -0.1) is 0 Å². The van der Waals surface area contributed by atoms with E-state index in [4.69, 9.17) is 0 Å². The molecule has 0 aromatic carbocycles. The van der Waals surface area contributed by atoms with Gasteiger partial charge in [-0.25, -0.2) is 5.32 Å². The predicted molar refractivity (Wildman–Crippen MR) is 34.9 cm³/mol. The summed E-state index contributed by atoms with van der Waals surface area (Å²) in [5, 5.41) is 4.48. The van der Waals surface area contributed by atoms with Gasteiger partial charge in [0.1, 0.15) is 0 Å².